The second-order valence-corrected chi connectivity index (χ2v) is 5.43. The highest BCUT2D eigenvalue weighted by atomic mass is 15.4. The summed E-state index contributed by atoms with van der Waals surface area (Å²) in [4.78, 5) is 2.44. The first kappa shape index (κ1) is 16.0. The van der Waals surface area contributed by atoms with Gasteiger partial charge in [-0.25, -0.2) is 0 Å². The van der Waals surface area contributed by atoms with Crippen LogP contribution < -0.4 is 10.6 Å². The van der Waals surface area contributed by atoms with Crippen LogP contribution in [0.15, 0.2) is 0 Å². The second-order valence-electron chi connectivity index (χ2n) is 5.43. The number of nitrogens with two attached hydrogens (primary N) is 1. The summed E-state index contributed by atoms with van der Waals surface area (Å²) < 4.78 is 2.02. The van der Waals surface area contributed by atoms with Gasteiger partial charge in [0.1, 0.15) is 5.82 Å². The molecule has 2 atom stereocenters. The van der Waals surface area contributed by atoms with Gasteiger partial charge < -0.3 is 10.6 Å². The van der Waals surface area contributed by atoms with Crippen LogP contribution in [0.25, 0.3) is 0 Å². The maximum atomic E-state index is 6.15. The zero-order chi connectivity index (χ0) is 14.6. The standard InChI is InChI=1S/C15H30N4/c1-7-11(4)19(9-3)15-14(10-13(16)8-2)12(5)17-18(15)6/h11,13H,7-10,16H2,1-6H3. The first-order valence-electron chi connectivity index (χ1n) is 7.50. The van der Waals surface area contributed by atoms with Gasteiger partial charge in [-0.15, -0.1) is 0 Å². The number of rotatable bonds is 7. The average molecular weight is 266 g/mol. The van der Waals surface area contributed by atoms with E-state index >= 15 is 0 Å². The first-order chi connectivity index (χ1) is 8.96. The molecule has 110 valence electrons. The van der Waals surface area contributed by atoms with Crippen LogP contribution in [0.3, 0.4) is 0 Å². The predicted molar refractivity (Wildman–Crippen MR) is 82.7 cm³/mol. The van der Waals surface area contributed by atoms with Crippen molar-refractivity contribution < 1.29 is 0 Å². The van der Waals surface area contributed by atoms with E-state index in [9.17, 15) is 0 Å². The number of hydrogen-bond acceptors (Lipinski definition) is 3. The van der Waals surface area contributed by atoms with E-state index in [1.165, 1.54) is 11.4 Å². The molecule has 0 amide bonds. The van der Waals surface area contributed by atoms with Crippen molar-refractivity contribution in [3.05, 3.63) is 11.3 Å². The molecule has 1 heterocycles. The maximum Gasteiger partial charge on any atom is 0.130 e. The highest BCUT2D eigenvalue weighted by Gasteiger charge is 2.22. The van der Waals surface area contributed by atoms with Gasteiger partial charge in [0.25, 0.3) is 0 Å². The molecule has 0 aliphatic carbocycles. The lowest BCUT2D eigenvalue weighted by Crippen LogP contribution is -2.35. The first-order valence-corrected chi connectivity index (χ1v) is 7.50. The molecule has 0 saturated heterocycles. The van der Waals surface area contributed by atoms with E-state index in [-0.39, 0.29) is 6.04 Å². The van der Waals surface area contributed by atoms with Crippen molar-refractivity contribution in [2.75, 3.05) is 11.4 Å². The summed E-state index contributed by atoms with van der Waals surface area (Å²) in [5, 5.41) is 4.60. The van der Waals surface area contributed by atoms with Crippen LogP contribution in [-0.2, 0) is 13.5 Å². The van der Waals surface area contributed by atoms with Crippen molar-refractivity contribution in [1.29, 1.82) is 0 Å². The van der Waals surface area contributed by atoms with Crippen LogP contribution in [0, 0.1) is 6.92 Å². The Morgan fingerprint density at radius 1 is 1.26 bits per heavy atom. The summed E-state index contributed by atoms with van der Waals surface area (Å²) in [5.74, 6) is 1.25. The summed E-state index contributed by atoms with van der Waals surface area (Å²) >= 11 is 0. The van der Waals surface area contributed by atoms with Gasteiger partial charge in [-0.1, -0.05) is 13.8 Å². The molecule has 2 unspecified atom stereocenters. The molecule has 0 spiro atoms. The van der Waals surface area contributed by atoms with Crippen LogP contribution in [0.5, 0.6) is 0 Å². The molecule has 0 aliphatic rings. The molecular formula is C15H30N4. The predicted octanol–water partition coefficient (Wildman–Crippen LogP) is 2.63. The molecule has 2 N–H and O–H groups in total. The second kappa shape index (κ2) is 6.94. The summed E-state index contributed by atoms with van der Waals surface area (Å²) in [5.41, 5.74) is 8.58. The SMILES string of the molecule is CCC(N)Cc1c(C)nn(C)c1N(CC)C(C)CC. The van der Waals surface area contributed by atoms with Gasteiger partial charge in [0.2, 0.25) is 0 Å². The zero-order valence-electron chi connectivity index (χ0n) is 13.4. The molecule has 0 saturated carbocycles. The highest BCUT2D eigenvalue weighted by Crippen LogP contribution is 2.27. The molecule has 0 aliphatic heterocycles. The molecule has 1 aromatic heterocycles. The summed E-state index contributed by atoms with van der Waals surface area (Å²) in [7, 11) is 2.04. The fourth-order valence-electron chi connectivity index (χ4n) is 2.59. The Kier molecular flexibility index (Phi) is 5.85. The largest absolute Gasteiger partial charge is 0.354 e. The summed E-state index contributed by atoms with van der Waals surface area (Å²) in [6, 6.07) is 0.744. The quantitative estimate of drug-likeness (QED) is 0.825. The van der Waals surface area contributed by atoms with E-state index in [2.05, 4.69) is 44.6 Å². The van der Waals surface area contributed by atoms with E-state index in [1.807, 2.05) is 11.7 Å². The van der Waals surface area contributed by atoms with Crippen LogP contribution in [0.1, 0.15) is 51.8 Å². The van der Waals surface area contributed by atoms with Crippen molar-refractivity contribution in [3.63, 3.8) is 0 Å². The third-order valence-electron chi connectivity index (χ3n) is 4.04. The number of aryl methyl sites for hydroxylation is 2. The van der Waals surface area contributed by atoms with E-state index in [1.54, 1.807) is 0 Å². The smallest absolute Gasteiger partial charge is 0.130 e. The molecule has 4 heteroatoms. The molecule has 0 fully saturated rings. The number of aromatic nitrogens is 2. The van der Waals surface area contributed by atoms with Gasteiger partial charge >= 0.3 is 0 Å². The monoisotopic (exact) mass is 266 g/mol. The van der Waals surface area contributed by atoms with Gasteiger partial charge in [-0.05, 0) is 40.0 Å². The van der Waals surface area contributed by atoms with Crippen molar-refractivity contribution in [3.8, 4) is 0 Å². The van der Waals surface area contributed by atoms with Gasteiger partial charge in [-0.3, -0.25) is 4.68 Å². The number of anilines is 1. The lowest BCUT2D eigenvalue weighted by Gasteiger charge is -2.30. The lowest BCUT2D eigenvalue weighted by atomic mass is 10.0. The lowest BCUT2D eigenvalue weighted by molar-refractivity contribution is 0.592. The fraction of sp³-hybridized carbons (Fsp3) is 0.800. The van der Waals surface area contributed by atoms with Gasteiger partial charge in [0.05, 0.1) is 5.69 Å². The topological polar surface area (TPSA) is 47.1 Å². The van der Waals surface area contributed by atoms with E-state index in [0.717, 1.165) is 31.5 Å². The Hall–Kier alpha value is -1.03. The third-order valence-corrected chi connectivity index (χ3v) is 4.04. The fourth-order valence-corrected chi connectivity index (χ4v) is 2.59. The highest BCUT2D eigenvalue weighted by molar-refractivity contribution is 5.51. The van der Waals surface area contributed by atoms with Gasteiger partial charge in [0.15, 0.2) is 0 Å². The van der Waals surface area contributed by atoms with Crippen molar-refractivity contribution in [1.82, 2.24) is 9.78 Å². The van der Waals surface area contributed by atoms with Crippen LogP contribution >= 0.6 is 0 Å². The van der Waals surface area contributed by atoms with Crippen molar-refractivity contribution in [2.45, 2.75) is 66.0 Å². The molecular weight excluding hydrogens is 236 g/mol. The minimum Gasteiger partial charge on any atom is -0.354 e. The maximum absolute atomic E-state index is 6.15. The normalized spacial score (nSPS) is 14.5. The zero-order valence-corrected chi connectivity index (χ0v) is 13.4. The molecule has 0 radical (unpaired) electrons. The minimum atomic E-state index is 0.220. The minimum absolute atomic E-state index is 0.220. The molecule has 19 heavy (non-hydrogen) atoms. The van der Waals surface area contributed by atoms with Crippen molar-refractivity contribution >= 4 is 5.82 Å². The van der Waals surface area contributed by atoms with E-state index in [4.69, 9.17) is 5.73 Å². The Bertz CT molecular complexity index is 397. The molecule has 4 nitrogen and oxygen atoms in total. The van der Waals surface area contributed by atoms with E-state index in [0.29, 0.717) is 6.04 Å². The molecule has 1 rings (SSSR count). The van der Waals surface area contributed by atoms with Gasteiger partial charge in [-0.2, -0.15) is 5.10 Å². The van der Waals surface area contributed by atoms with Gasteiger partial charge in [0, 0.05) is 31.2 Å². The van der Waals surface area contributed by atoms with Crippen LogP contribution in [-0.4, -0.2) is 28.4 Å². The average Bonchev–Trinajstić information content (AvgIpc) is 2.66. The molecule has 1 aromatic rings. The Balaban J connectivity index is 3.17. The van der Waals surface area contributed by atoms with Crippen molar-refractivity contribution in [2.24, 2.45) is 12.8 Å². The van der Waals surface area contributed by atoms with E-state index < -0.39 is 0 Å². The summed E-state index contributed by atoms with van der Waals surface area (Å²) in [6.45, 7) is 11.9. The number of nitrogens with zero attached hydrogens (tertiary/aromatic N) is 3. The molecule has 0 bridgehead atoms. The number of hydrogen-bond donors (Lipinski definition) is 1. The van der Waals surface area contributed by atoms with Crippen LogP contribution in [0.4, 0.5) is 5.82 Å². The Labute approximate surface area is 118 Å². The summed E-state index contributed by atoms with van der Waals surface area (Å²) in [6.07, 6.45) is 3.05. The Morgan fingerprint density at radius 3 is 2.37 bits per heavy atom. The molecule has 0 aromatic carbocycles. The Morgan fingerprint density at radius 2 is 1.89 bits per heavy atom. The third kappa shape index (κ3) is 3.50. The van der Waals surface area contributed by atoms with Crippen LogP contribution in [0.2, 0.25) is 0 Å².